The van der Waals surface area contributed by atoms with Crippen molar-refractivity contribution < 1.29 is 49.3 Å². The molecule has 11 nitrogen and oxygen atoms in total. The van der Waals surface area contributed by atoms with E-state index in [1.807, 2.05) is 6.08 Å². The highest BCUT2D eigenvalue weighted by atomic mass is 16.7. The number of aliphatic hydroxyl groups is 5. The molecule has 0 aliphatic carbocycles. The Balaban J connectivity index is 2.51. The number of hydrogen-bond donors (Lipinski definition) is 6. The van der Waals surface area contributed by atoms with Gasteiger partial charge in [0, 0.05) is 6.42 Å². The van der Waals surface area contributed by atoms with Crippen molar-refractivity contribution in [2.24, 2.45) is 0 Å². The van der Waals surface area contributed by atoms with E-state index in [0.717, 1.165) is 83.5 Å². The number of aliphatic hydroxyl groups excluding tert-OH is 5. The molecule has 1 aliphatic heterocycles. The number of carbonyl (C=O) groups excluding carboxylic acids is 2. The molecular formula is C81H147NO10. The molecule has 1 amide bonds. The van der Waals surface area contributed by atoms with Crippen molar-refractivity contribution in [3.05, 3.63) is 72.9 Å². The van der Waals surface area contributed by atoms with Gasteiger partial charge >= 0.3 is 5.97 Å². The summed E-state index contributed by atoms with van der Waals surface area (Å²) >= 11 is 0. The molecule has 92 heavy (non-hydrogen) atoms. The first kappa shape index (κ1) is 87.1. The van der Waals surface area contributed by atoms with Crippen LogP contribution in [0, 0.1) is 0 Å². The van der Waals surface area contributed by atoms with Gasteiger partial charge in [0.1, 0.15) is 24.4 Å². The lowest BCUT2D eigenvalue weighted by Gasteiger charge is -2.41. The van der Waals surface area contributed by atoms with Gasteiger partial charge in [-0.15, -0.1) is 0 Å². The van der Waals surface area contributed by atoms with Crippen molar-refractivity contribution in [1.82, 2.24) is 5.32 Å². The fraction of sp³-hybridized carbons (Fsp3) is 0.827. The first-order valence-corrected chi connectivity index (χ1v) is 39.2. The molecule has 1 fully saturated rings. The van der Waals surface area contributed by atoms with Crippen LogP contribution in [0.4, 0.5) is 0 Å². The molecule has 0 saturated carbocycles. The van der Waals surface area contributed by atoms with Crippen LogP contribution in [-0.2, 0) is 23.8 Å². The minimum Gasteiger partial charge on any atom is -0.454 e. The Bertz CT molecular complexity index is 1780. The molecule has 1 saturated heterocycles. The summed E-state index contributed by atoms with van der Waals surface area (Å²) in [4.78, 5) is 26.8. The smallest absolute Gasteiger partial charge is 0.306 e. The van der Waals surface area contributed by atoms with E-state index >= 15 is 0 Å². The quantitative estimate of drug-likeness (QED) is 0.0195. The molecule has 11 heteroatoms. The topological polar surface area (TPSA) is 175 Å². The number of ether oxygens (including phenoxy) is 3. The van der Waals surface area contributed by atoms with E-state index in [0.29, 0.717) is 19.3 Å². The Morgan fingerprint density at radius 3 is 1.15 bits per heavy atom. The van der Waals surface area contributed by atoms with Gasteiger partial charge < -0.3 is 45.1 Å². The number of unbranched alkanes of at least 4 members (excludes halogenated alkanes) is 44. The predicted octanol–water partition coefficient (Wildman–Crippen LogP) is 21.0. The third kappa shape index (κ3) is 54.2. The summed E-state index contributed by atoms with van der Waals surface area (Å²) in [6, 6.07) is -1.03. The number of nitrogens with one attached hydrogen (secondary N) is 1. The summed E-state index contributed by atoms with van der Waals surface area (Å²) in [7, 11) is 0. The molecule has 0 aromatic carbocycles. The average Bonchev–Trinajstić information content (AvgIpc) is 0.875. The average molecular weight is 1300 g/mol. The largest absolute Gasteiger partial charge is 0.454 e. The molecule has 0 spiro atoms. The van der Waals surface area contributed by atoms with Gasteiger partial charge in [0.15, 0.2) is 12.4 Å². The molecule has 1 rings (SSSR count). The summed E-state index contributed by atoms with van der Waals surface area (Å²) in [6.07, 6.45) is 79.5. The summed E-state index contributed by atoms with van der Waals surface area (Å²) in [6.45, 7) is 5.81. The minimum atomic E-state index is -1.62. The third-order valence-electron chi connectivity index (χ3n) is 18.3. The van der Waals surface area contributed by atoms with Crippen molar-refractivity contribution >= 4 is 11.9 Å². The van der Waals surface area contributed by atoms with E-state index in [2.05, 4.69) is 86.8 Å². The first-order chi connectivity index (χ1) is 45.2. The second kappa shape index (κ2) is 68.1. The number of hydrogen-bond acceptors (Lipinski definition) is 10. The number of allylic oxidation sites excluding steroid dienone is 11. The van der Waals surface area contributed by atoms with Gasteiger partial charge in [0.2, 0.25) is 5.91 Å². The van der Waals surface area contributed by atoms with E-state index in [4.69, 9.17) is 14.2 Å². The van der Waals surface area contributed by atoms with E-state index < -0.39 is 67.4 Å². The van der Waals surface area contributed by atoms with Crippen LogP contribution in [0.3, 0.4) is 0 Å². The van der Waals surface area contributed by atoms with Crippen molar-refractivity contribution in [3.63, 3.8) is 0 Å². The van der Waals surface area contributed by atoms with Gasteiger partial charge in [-0.2, -0.15) is 0 Å². The van der Waals surface area contributed by atoms with Crippen LogP contribution in [0.5, 0.6) is 0 Å². The number of carbonyl (C=O) groups is 2. The molecule has 1 heterocycles. The number of amides is 1. The number of esters is 1. The van der Waals surface area contributed by atoms with E-state index in [9.17, 15) is 35.1 Å². The third-order valence-corrected chi connectivity index (χ3v) is 18.3. The SMILES string of the molecule is CCCCC/C=C\C/C=C\C/C=C\C/C=C\CCCCCCCCCCCCCC(=O)OC1C(OCC(NC(=O)C(O)CCCCCCCCCCCCCCCC/C=C/CCCCCCCC)C(O)/C=C/CCCCCCCCCCCC)OC(CO)C(O)C1O. The molecule has 1 aliphatic rings. The highest BCUT2D eigenvalue weighted by molar-refractivity contribution is 5.80. The molecule has 0 bridgehead atoms. The lowest BCUT2D eigenvalue weighted by atomic mass is 9.99. The van der Waals surface area contributed by atoms with Gasteiger partial charge in [-0.25, -0.2) is 0 Å². The van der Waals surface area contributed by atoms with E-state index in [1.165, 1.54) is 238 Å². The Kier molecular flexibility index (Phi) is 64.4. The van der Waals surface area contributed by atoms with Gasteiger partial charge in [-0.3, -0.25) is 9.59 Å². The van der Waals surface area contributed by atoms with Gasteiger partial charge in [-0.05, 0) is 96.3 Å². The van der Waals surface area contributed by atoms with Crippen molar-refractivity contribution in [3.8, 4) is 0 Å². The fourth-order valence-electron chi connectivity index (χ4n) is 12.2. The Hall–Kier alpha value is -2.90. The highest BCUT2D eigenvalue weighted by Gasteiger charge is 2.47. The van der Waals surface area contributed by atoms with Gasteiger partial charge in [0.25, 0.3) is 0 Å². The zero-order chi connectivity index (χ0) is 66.7. The molecule has 0 aromatic heterocycles. The summed E-state index contributed by atoms with van der Waals surface area (Å²) in [5.41, 5.74) is 0. The Morgan fingerprint density at radius 1 is 0.424 bits per heavy atom. The van der Waals surface area contributed by atoms with Crippen LogP contribution >= 0.6 is 0 Å². The second-order valence-corrected chi connectivity index (χ2v) is 27.1. The lowest BCUT2D eigenvalue weighted by Crippen LogP contribution is -2.61. The molecule has 8 unspecified atom stereocenters. The molecular weight excluding hydrogens is 1150 g/mol. The summed E-state index contributed by atoms with van der Waals surface area (Å²) in [5.74, 6) is -1.19. The zero-order valence-corrected chi connectivity index (χ0v) is 59.9. The van der Waals surface area contributed by atoms with E-state index in [-0.39, 0.29) is 13.0 Å². The van der Waals surface area contributed by atoms with Crippen LogP contribution in [-0.4, -0.2) is 99.6 Å². The highest BCUT2D eigenvalue weighted by Crippen LogP contribution is 2.27. The fourth-order valence-corrected chi connectivity index (χ4v) is 12.2. The van der Waals surface area contributed by atoms with Crippen LogP contribution in [0.25, 0.3) is 0 Å². The number of rotatable bonds is 68. The van der Waals surface area contributed by atoms with Crippen LogP contribution in [0.2, 0.25) is 0 Å². The van der Waals surface area contributed by atoms with Gasteiger partial charge in [-0.1, -0.05) is 338 Å². The van der Waals surface area contributed by atoms with Crippen molar-refractivity contribution in [2.45, 2.75) is 416 Å². The maximum atomic E-state index is 13.5. The standard InChI is InChI=1S/C81H147NO10/c1-4-7-10-13-16-19-22-25-27-29-31-33-35-37-38-39-41-43-45-47-49-51-54-57-60-63-66-69-76(86)92-79-78(88)77(87)75(70-83)91-81(79)90-71-72(73(84)67-64-61-58-55-52-24-21-18-15-12-9-6-3)82-80(89)74(85)68-65-62-59-56-53-50-48-46-44-42-40-36-34-32-30-28-26-23-20-17-14-11-8-5-2/h16,19,25-28,31,33,37-38,64,67,72-75,77-79,81,83-85,87-88H,4-15,17-18,20-24,29-30,32,34-36,39-63,65-66,68-71H2,1-3H3,(H,82,89)/b19-16-,27-25-,28-26+,33-31-,38-37-,67-64+. The minimum absolute atomic E-state index is 0.119. The van der Waals surface area contributed by atoms with Gasteiger partial charge in [0.05, 0.1) is 25.4 Å². The molecule has 536 valence electrons. The van der Waals surface area contributed by atoms with Crippen molar-refractivity contribution in [1.29, 1.82) is 0 Å². The van der Waals surface area contributed by atoms with Crippen LogP contribution in [0.1, 0.15) is 367 Å². The zero-order valence-electron chi connectivity index (χ0n) is 59.9. The molecule has 6 N–H and O–H groups in total. The van der Waals surface area contributed by atoms with E-state index in [1.54, 1.807) is 6.08 Å². The van der Waals surface area contributed by atoms with Crippen molar-refractivity contribution in [2.75, 3.05) is 13.2 Å². The molecule has 0 aromatic rings. The maximum absolute atomic E-state index is 13.5. The van der Waals surface area contributed by atoms with Crippen LogP contribution < -0.4 is 5.32 Å². The summed E-state index contributed by atoms with van der Waals surface area (Å²) in [5, 5.41) is 57.4. The maximum Gasteiger partial charge on any atom is 0.306 e. The Morgan fingerprint density at radius 2 is 0.750 bits per heavy atom. The van der Waals surface area contributed by atoms with Crippen LogP contribution in [0.15, 0.2) is 72.9 Å². The molecule has 0 radical (unpaired) electrons. The predicted molar refractivity (Wildman–Crippen MR) is 389 cm³/mol. The second-order valence-electron chi connectivity index (χ2n) is 27.1. The normalized spacial score (nSPS) is 18.3. The summed E-state index contributed by atoms with van der Waals surface area (Å²) < 4.78 is 17.7. The first-order valence-electron chi connectivity index (χ1n) is 39.2. The Labute approximate surface area is 566 Å². The lowest BCUT2D eigenvalue weighted by molar-refractivity contribution is -0.305. The molecule has 8 atom stereocenters. The monoisotopic (exact) mass is 1290 g/mol.